The number of nitro benzene ring substituents is 1. The Morgan fingerprint density at radius 3 is 2.47 bits per heavy atom. The van der Waals surface area contributed by atoms with Crippen LogP contribution in [0.2, 0.25) is 0 Å². The molecule has 2 aromatic rings. The summed E-state index contributed by atoms with van der Waals surface area (Å²) in [6, 6.07) is 12.9. The van der Waals surface area contributed by atoms with Gasteiger partial charge in [0.25, 0.3) is 5.69 Å². The lowest BCUT2D eigenvalue weighted by molar-refractivity contribution is -0.385. The summed E-state index contributed by atoms with van der Waals surface area (Å²) in [6.07, 6.45) is 0. The molecule has 0 saturated carbocycles. The highest BCUT2D eigenvalue weighted by Crippen LogP contribution is 2.27. The zero-order valence-electron chi connectivity index (χ0n) is 9.57. The average molecular weight is 258 g/mol. The quantitative estimate of drug-likeness (QED) is 0.672. The Bertz CT molecular complexity index is 624. The first-order chi connectivity index (χ1) is 9.08. The summed E-state index contributed by atoms with van der Waals surface area (Å²) in [7, 11) is 0. The smallest absolute Gasteiger partial charge is 0.342 e. The van der Waals surface area contributed by atoms with Crippen LogP contribution in [0, 0.1) is 16.2 Å². The second-order valence-corrected chi connectivity index (χ2v) is 3.58. The fourth-order valence-electron chi connectivity index (χ4n) is 1.48. The van der Waals surface area contributed by atoms with Crippen molar-refractivity contribution in [1.82, 2.24) is 0 Å². The predicted octanol–water partition coefficient (Wildman–Crippen LogP) is 2.89. The Labute approximate surface area is 108 Å². The highest BCUT2D eigenvalue weighted by Gasteiger charge is 2.20. The minimum atomic E-state index is -1.38. The fourth-order valence-corrected chi connectivity index (χ4v) is 1.48. The first-order valence-electron chi connectivity index (χ1n) is 5.23. The topological polar surface area (TPSA) is 89.7 Å². The van der Waals surface area contributed by atoms with E-state index in [4.69, 9.17) is 9.84 Å². The van der Waals surface area contributed by atoms with Crippen LogP contribution in [0.25, 0.3) is 0 Å². The molecule has 0 aliphatic carbocycles. The Morgan fingerprint density at radius 1 is 1.21 bits per heavy atom. The molecule has 2 rings (SSSR count). The second kappa shape index (κ2) is 5.18. The van der Waals surface area contributed by atoms with Crippen LogP contribution in [0.1, 0.15) is 10.4 Å². The van der Waals surface area contributed by atoms with Crippen molar-refractivity contribution in [3.63, 3.8) is 0 Å². The van der Waals surface area contributed by atoms with Crippen LogP contribution < -0.4 is 4.74 Å². The molecule has 95 valence electrons. The number of nitro groups is 1. The molecule has 19 heavy (non-hydrogen) atoms. The number of benzene rings is 2. The zero-order valence-corrected chi connectivity index (χ0v) is 9.57. The van der Waals surface area contributed by atoms with Crippen LogP contribution in [0.3, 0.4) is 0 Å². The normalized spacial score (nSPS) is 9.89. The van der Waals surface area contributed by atoms with Crippen molar-refractivity contribution >= 4 is 11.7 Å². The molecule has 2 aromatic carbocycles. The van der Waals surface area contributed by atoms with Crippen LogP contribution in [-0.4, -0.2) is 16.0 Å². The summed E-state index contributed by atoms with van der Waals surface area (Å²) in [4.78, 5) is 20.9. The van der Waals surface area contributed by atoms with Gasteiger partial charge in [0, 0.05) is 12.1 Å². The van der Waals surface area contributed by atoms with Crippen molar-refractivity contribution in [2.45, 2.75) is 0 Å². The molecular weight excluding hydrogens is 250 g/mol. The summed E-state index contributed by atoms with van der Waals surface area (Å²) in [5, 5.41) is 19.6. The van der Waals surface area contributed by atoms with E-state index in [1.807, 2.05) is 0 Å². The van der Waals surface area contributed by atoms with Gasteiger partial charge in [-0.2, -0.15) is 0 Å². The summed E-state index contributed by atoms with van der Waals surface area (Å²) >= 11 is 0. The van der Waals surface area contributed by atoms with E-state index in [9.17, 15) is 14.9 Å². The van der Waals surface area contributed by atoms with E-state index in [0.717, 1.165) is 12.1 Å². The third-order valence-corrected chi connectivity index (χ3v) is 2.32. The molecule has 0 aliphatic heterocycles. The van der Waals surface area contributed by atoms with Gasteiger partial charge in [0.1, 0.15) is 17.1 Å². The summed E-state index contributed by atoms with van der Waals surface area (Å²) in [6.45, 7) is 0. The minimum absolute atomic E-state index is 0.217. The molecule has 0 bridgehead atoms. The van der Waals surface area contributed by atoms with Crippen LogP contribution in [0.4, 0.5) is 5.69 Å². The van der Waals surface area contributed by atoms with E-state index in [1.54, 1.807) is 24.3 Å². The summed E-state index contributed by atoms with van der Waals surface area (Å²) < 4.78 is 5.40. The predicted molar refractivity (Wildman–Crippen MR) is 65.4 cm³/mol. The molecule has 0 spiro atoms. The summed E-state index contributed by atoms with van der Waals surface area (Å²) in [5.74, 6) is -0.670. The standard InChI is InChI=1S/C13H8NO5/c15-13(16)11-8-10(6-7-12(11)14(17)18)19-9-4-2-1-3-5-9/h2-8H,(H,15,16). The van der Waals surface area contributed by atoms with Gasteiger partial charge in [-0.3, -0.25) is 10.1 Å². The Hall–Kier alpha value is -2.89. The number of rotatable bonds is 4. The molecule has 0 atom stereocenters. The van der Waals surface area contributed by atoms with Crippen molar-refractivity contribution < 1.29 is 19.6 Å². The average Bonchev–Trinajstić information content (AvgIpc) is 2.39. The second-order valence-electron chi connectivity index (χ2n) is 3.58. The number of carbonyl (C=O) groups is 1. The molecule has 1 radical (unpaired) electrons. The molecule has 0 unspecified atom stereocenters. The molecule has 6 heteroatoms. The van der Waals surface area contributed by atoms with E-state index >= 15 is 0 Å². The first-order valence-corrected chi connectivity index (χ1v) is 5.23. The van der Waals surface area contributed by atoms with Gasteiger partial charge >= 0.3 is 5.97 Å². The number of ether oxygens (including phenoxy) is 1. The fraction of sp³-hybridized carbons (Fsp3) is 0. The molecule has 6 nitrogen and oxygen atoms in total. The van der Waals surface area contributed by atoms with E-state index in [-0.39, 0.29) is 5.75 Å². The van der Waals surface area contributed by atoms with Crippen molar-refractivity contribution in [1.29, 1.82) is 0 Å². The highest BCUT2D eigenvalue weighted by molar-refractivity contribution is 5.92. The lowest BCUT2D eigenvalue weighted by Crippen LogP contribution is -2.02. The van der Waals surface area contributed by atoms with Gasteiger partial charge in [-0.05, 0) is 24.3 Å². The number of hydrogen-bond donors (Lipinski definition) is 1. The van der Waals surface area contributed by atoms with Gasteiger partial charge in [-0.1, -0.05) is 12.1 Å². The van der Waals surface area contributed by atoms with Crippen molar-refractivity contribution in [2.75, 3.05) is 0 Å². The number of aromatic carboxylic acids is 1. The van der Waals surface area contributed by atoms with Gasteiger partial charge in [0.2, 0.25) is 0 Å². The van der Waals surface area contributed by atoms with E-state index in [0.29, 0.717) is 5.75 Å². The van der Waals surface area contributed by atoms with E-state index < -0.39 is 22.1 Å². The van der Waals surface area contributed by atoms with Crippen molar-refractivity contribution in [3.05, 3.63) is 64.2 Å². The van der Waals surface area contributed by atoms with Crippen LogP contribution in [-0.2, 0) is 0 Å². The van der Waals surface area contributed by atoms with Gasteiger partial charge in [0.15, 0.2) is 0 Å². The van der Waals surface area contributed by atoms with Crippen molar-refractivity contribution in [2.24, 2.45) is 0 Å². The number of carboxylic acid groups (broad SMARTS) is 1. The van der Waals surface area contributed by atoms with E-state index in [1.165, 1.54) is 6.07 Å². The first kappa shape index (κ1) is 12.6. The minimum Gasteiger partial charge on any atom is -0.477 e. The third kappa shape index (κ3) is 2.86. The van der Waals surface area contributed by atoms with Gasteiger partial charge in [-0.25, -0.2) is 4.79 Å². The Morgan fingerprint density at radius 2 is 1.89 bits per heavy atom. The molecular formula is C13H8NO5. The molecule has 0 saturated heterocycles. The van der Waals surface area contributed by atoms with Crippen LogP contribution >= 0.6 is 0 Å². The maximum atomic E-state index is 11.0. The Kier molecular flexibility index (Phi) is 3.42. The van der Waals surface area contributed by atoms with Crippen LogP contribution in [0.15, 0.2) is 42.5 Å². The molecule has 0 amide bonds. The van der Waals surface area contributed by atoms with Crippen molar-refractivity contribution in [3.8, 4) is 11.5 Å². The van der Waals surface area contributed by atoms with Gasteiger partial charge < -0.3 is 9.84 Å². The monoisotopic (exact) mass is 258 g/mol. The molecule has 0 heterocycles. The lowest BCUT2D eigenvalue weighted by Gasteiger charge is -2.06. The zero-order chi connectivity index (χ0) is 13.8. The summed E-state index contributed by atoms with van der Waals surface area (Å²) in [5.41, 5.74) is -0.883. The van der Waals surface area contributed by atoms with Crippen LogP contribution in [0.5, 0.6) is 11.5 Å². The third-order valence-electron chi connectivity index (χ3n) is 2.32. The molecule has 0 aromatic heterocycles. The molecule has 0 aliphatic rings. The maximum absolute atomic E-state index is 11.0. The number of carboxylic acids is 1. The number of hydrogen-bond acceptors (Lipinski definition) is 4. The highest BCUT2D eigenvalue weighted by atomic mass is 16.6. The molecule has 0 fully saturated rings. The number of nitrogens with zero attached hydrogens (tertiary/aromatic N) is 1. The maximum Gasteiger partial charge on any atom is 0.342 e. The largest absolute Gasteiger partial charge is 0.477 e. The van der Waals surface area contributed by atoms with Gasteiger partial charge in [-0.15, -0.1) is 0 Å². The SMILES string of the molecule is O=C(O)c1cc(Oc2cc[c]cc2)ccc1[N+](=O)[O-]. The van der Waals surface area contributed by atoms with Gasteiger partial charge in [0.05, 0.1) is 4.92 Å². The molecule has 1 N–H and O–H groups in total. The lowest BCUT2D eigenvalue weighted by atomic mass is 10.1. The van der Waals surface area contributed by atoms with E-state index in [2.05, 4.69) is 6.07 Å². The Balaban J connectivity index is 2.36.